The molecular weight excluding hydrogens is 498 g/mol. The third-order valence-electron chi connectivity index (χ3n) is 6.72. The van der Waals surface area contributed by atoms with Crippen LogP contribution >= 0.6 is 15.9 Å². The Bertz CT molecular complexity index is 1200. The fourth-order valence-electron chi connectivity index (χ4n) is 4.97. The van der Waals surface area contributed by atoms with Gasteiger partial charge in [0.25, 0.3) is 0 Å². The zero-order chi connectivity index (χ0) is 23.7. The van der Waals surface area contributed by atoms with Crippen molar-refractivity contribution < 1.29 is 19.5 Å². The van der Waals surface area contributed by atoms with Gasteiger partial charge in [0.2, 0.25) is 0 Å². The molecule has 1 aliphatic carbocycles. The number of halogens is 1. The van der Waals surface area contributed by atoms with Crippen molar-refractivity contribution in [1.82, 2.24) is 4.90 Å². The Hall–Kier alpha value is -2.97. The molecule has 0 spiro atoms. The summed E-state index contributed by atoms with van der Waals surface area (Å²) in [5.41, 5.74) is 5.74. The smallest absolute Gasteiger partial charge is 0.303 e. The predicted molar refractivity (Wildman–Crippen MR) is 134 cm³/mol. The topological polar surface area (TPSA) is 91.2 Å². The number of aliphatic carboxylic acids is 1. The summed E-state index contributed by atoms with van der Waals surface area (Å²) in [7, 11) is 0. The van der Waals surface area contributed by atoms with Crippen molar-refractivity contribution in [1.29, 1.82) is 0 Å². The van der Waals surface area contributed by atoms with Gasteiger partial charge in [-0.3, -0.25) is 14.5 Å². The molecule has 0 atom stereocenters. The standard InChI is InChI=1S/C26H26BrN3O4/c27-18-6-5-17-14-22(31)24(20(17)15-18)26-25(19-3-1-2-4-21(19)28-26)29-34-12-11-30-9-7-16(8-10-30)13-23(32)33/h1-6,15-16,28H,7-14H2,(H,32,33)/b26-24-,29-25+. The van der Waals surface area contributed by atoms with Gasteiger partial charge >= 0.3 is 5.97 Å². The number of nitrogens with one attached hydrogen (secondary N) is 1. The number of carbonyl (C=O) groups is 2. The van der Waals surface area contributed by atoms with Crippen LogP contribution in [0.5, 0.6) is 0 Å². The number of rotatable bonds is 6. The maximum absolute atomic E-state index is 13.0. The molecule has 2 aromatic rings. The number of carboxylic acids is 1. The molecule has 34 heavy (non-hydrogen) atoms. The second kappa shape index (κ2) is 9.72. The van der Waals surface area contributed by atoms with Gasteiger partial charge in [-0.05, 0) is 61.2 Å². The minimum Gasteiger partial charge on any atom is -0.481 e. The van der Waals surface area contributed by atoms with Crippen molar-refractivity contribution in [2.75, 3.05) is 31.6 Å². The van der Waals surface area contributed by atoms with Gasteiger partial charge in [0.15, 0.2) is 5.78 Å². The van der Waals surface area contributed by atoms with Crippen LogP contribution in [0.15, 0.2) is 57.8 Å². The van der Waals surface area contributed by atoms with Crippen molar-refractivity contribution in [3.63, 3.8) is 0 Å². The van der Waals surface area contributed by atoms with Gasteiger partial charge in [0.05, 0.1) is 11.3 Å². The highest BCUT2D eigenvalue weighted by atomic mass is 79.9. The van der Waals surface area contributed by atoms with E-state index >= 15 is 0 Å². The molecule has 0 radical (unpaired) electrons. The second-order valence-electron chi connectivity index (χ2n) is 8.98. The largest absolute Gasteiger partial charge is 0.481 e. The van der Waals surface area contributed by atoms with Crippen LogP contribution in [0.25, 0.3) is 5.57 Å². The van der Waals surface area contributed by atoms with Gasteiger partial charge in [-0.15, -0.1) is 0 Å². The van der Waals surface area contributed by atoms with Crippen molar-refractivity contribution in [3.8, 4) is 0 Å². The minimum atomic E-state index is -0.719. The van der Waals surface area contributed by atoms with Crippen LogP contribution in [0, 0.1) is 5.92 Å². The van der Waals surface area contributed by atoms with E-state index in [2.05, 4.69) is 31.3 Å². The summed E-state index contributed by atoms with van der Waals surface area (Å²) < 4.78 is 0.927. The fourth-order valence-corrected chi connectivity index (χ4v) is 5.33. The molecule has 2 N–H and O–H groups in total. The molecular formula is C26H26BrN3O4. The lowest BCUT2D eigenvalue weighted by molar-refractivity contribution is -0.138. The number of hydrogen-bond acceptors (Lipinski definition) is 6. The van der Waals surface area contributed by atoms with E-state index in [1.807, 2.05) is 42.5 Å². The third-order valence-corrected chi connectivity index (χ3v) is 7.22. The number of para-hydroxylation sites is 1. The molecule has 1 fully saturated rings. The number of likely N-dealkylation sites (tertiary alicyclic amines) is 1. The Kier molecular flexibility index (Phi) is 6.52. The Morgan fingerprint density at radius 2 is 1.97 bits per heavy atom. The van der Waals surface area contributed by atoms with Gasteiger partial charge in [-0.2, -0.15) is 0 Å². The molecule has 2 aromatic carbocycles. The second-order valence-corrected chi connectivity index (χ2v) is 9.89. The first-order valence-electron chi connectivity index (χ1n) is 11.6. The van der Waals surface area contributed by atoms with Crippen molar-refractivity contribution >= 4 is 44.7 Å². The van der Waals surface area contributed by atoms with E-state index in [-0.39, 0.29) is 18.1 Å². The number of oxime groups is 1. The molecule has 3 aliphatic rings. The molecule has 2 heterocycles. The number of ketones is 1. The highest BCUT2D eigenvalue weighted by molar-refractivity contribution is 9.10. The van der Waals surface area contributed by atoms with E-state index in [0.717, 1.165) is 59.3 Å². The molecule has 0 bridgehead atoms. The van der Waals surface area contributed by atoms with E-state index in [1.54, 1.807) is 0 Å². The van der Waals surface area contributed by atoms with E-state index < -0.39 is 5.97 Å². The van der Waals surface area contributed by atoms with Crippen LogP contribution in [0.3, 0.4) is 0 Å². The molecule has 0 amide bonds. The van der Waals surface area contributed by atoms with Crippen LogP contribution < -0.4 is 5.32 Å². The van der Waals surface area contributed by atoms with Gasteiger partial charge in [0.1, 0.15) is 12.3 Å². The summed E-state index contributed by atoms with van der Waals surface area (Å²) in [6.45, 7) is 2.90. The number of nitrogens with zero attached hydrogens (tertiary/aromatic N) is 2. The Morgan fingerprint density at radius 3 is 2.76 bits per heavy atom. The number of piperidine rings is 1. The quantitative estimate of drug-likeness (QED) is 0.333. The maximum atomic E-state index is 13.0. The predicted octanol–water partition coefficient (Wildman–Crippen LogP) is 4.32. The number of hydrogen-bond donors (Lipinski definition) is 2. The number of anilines is 1. The summed E-state index contributed by atoms with van der Waals surface area (Å²) in [5, 5.41) is 16.9. The molecule has 1 saturated heterocycles. The molecule has 2 aliphatic heterocycles. The summed E-state index contributed by atoms with van der Waals surface area (Å²) in [6.07, 6.45) is 2.42. The van der Waals surface area contributed by atoms with E-state index in [0.29, 0.717) is 30.0 Å². The van der Waals surface area contributed by atoms with Gasteiger partial charge in [-0.25, -0.2) is 0 Å². The number of fused-ring (bicyclic) bond motifs is 2. The number of carboxylic acid groups (broad SMARTS) is 1. The molecule has 5 rings (SSSR count). The molecule has 7 nitrogen and oxygen atoms in total. The van der Waals surface area contributed by atoms with Crippen LogP contribution in [-0.2, 0) is 20.8 Å². The van der Waals surface area contributed by atoms with Gasteiger partial charge in [0, 0.05) is 35.1 Å². The highest BCUT2D eigenvalue weighted by Crippen LogP contribution is 2.39. The third kappa shape index (κ3) is 4.65. The fraction of sp³-hybridized carbons (Fsp3) is 0.346. The average Bonchev–Trinajstić information content (AvgIpc) is 3.33. The van der Waals surface area contributed by atoms with Crippen LogP contribution in [0.4, 0.5) is 5.69 Å². The van der Waals surface area contributed by atoms with Gasteiger partial charge < -0.3 is 15.3 Å². The lowest BCUT2D eigenvalue weighted by atomic mass is 9.94. The summed E-state index contributed by atoms with van der Waals surface area (Å²) in [6, 6.07) is 13.8. The summed E-state index contributed by atoms with van der Waals surface area (Å²) in [4.78, 5) is 32.0. The van der Waals surface area contributed by atoms with Crippen molar-refractivity contribution in [2.45, 2.75) is 25.7 Å². The molecule has 0 aromatic heterocycles. The first-order chi connectivity index (χ1) is 16.5. The van der Waals surface area contributed by atoms with E-state index in [4.69, 9.17) is 9.94 Å². The first kappa shape index (κ1) is 22.8. The summed E-state index contributed by atoms with van der Waals surface area (Å²) >= 11 is 3.53. The van der Waals surface area contributed by atoms with Crippen molar-refractivity contribution in [3.05, 3.63) is 69.3 Å². The molecule has 176 valence electrons. The van der Waals surface area contributed by atoms with Crippen molar-refractivity contribution in [2.24, 2.45) is 11.1 Å². The van der Waals surface area contributed by atoms with E-state index in [9.17, 15) is 9.59 Å². The first-order valence-corrected chi connectivity index (χ1v) is 12.4. The number of Topliss-reactive ketones (excluding diaryl/α,β-unsaturated/α-hetero) is 1. The van der Waals surface area contributed by atoms with Gasteiger partial charge in [-0.1, -0.05) is 45.4 Å². The highest BCUT2D eigenvalue weighted by Gasteiger charge is 2.34. The average molecular weight is 524 g/mol. The zero-order valence-electron chi connectivity index (χ0n) is 18.7. The number of allylic oxidation sites excluding steroid dienone is 2. The SMILES string of the molecule is O=C(O)CC1CCN(CCO/N=C2/C(=C3/C(=O)Cc4ccc(Br)cc43)Nc3ccccc32)CC1. The Labute approximate surface area is 206 Å². The Balaban J connectivity index is 1.33. The molecule has 8 heteroatoms. The number of carbonyl (C=O) groups excluding carboxylic acids is 1. The normalized spacial score (nSPS) is 21.4. The lowest BCUT2D eigenvalue weighted by Gasteiger charge is -2.30. The van der Waals surface area contributed by atoms with E-state index in [1.165, 1.54) is 0 Å². The molecule has 0 unspecified atom stereocenters. The number of benzene rings is 2. The zero-order valence-corrected chi connectivity index (χ0v) is 20.3. The minimum absolute atomic E-state index is 0.0698. The Morgan fingerprint density at radius 1 is 1.18 bits per heavy atom. The lowest BCUT2D eigenvalue weighted by Crippen LogP contribution is -2.36. The molecule has 0 saturated carbocycles. The monoisotopic (exact) mass is 523 g/mol. The van der Waals surface area contributed by atoms with Crippen LogP contribution in [-0.4, -0.2) is 53.7 Å². The van der Waals surface area contributed by atoms with Crippen LogP contribution in [0.1, 0.15) is 36.0 Å². The summed E-state index contributed by atoms with van der Waals surface area (Å²) in [5.74, 6) is -0.388. The van der Waals surface area contributed by atoms with Crippen LogP contribution in [0.2, 0.25) is 0 Å². The maximum Gasteiger partial charge on any atom is 0.303 e.